The minimum atomic E-state index is 0.526. The van der Waals surface area contributed by atoms with Crippen LogP contribution in [0.3, 0.4) is 0 Å². The summed E-state index contributed by atoms with van der Waals surface area (Å²) >= 11 is 12.2. The van der Waals surface area contributed by atoms with Crippen molar-refractivity contribution < 1.29 is 4.74 Å². The standard InChI is InChI=1S/C15H12Cl2N2O/c1-2-20-14-6-4-3-5-11(14)13-9-19-8-10(16)7-12(17)15(19)18-13/h3-9H,2H2,1H3. The highest BCUT2D eigenvalue weighted by molar-refractivity contribution is 6.36. The number of para-hydroxylation sites is 1. The van der Waals surface area contributed by atoms with Gasteiger partial charge in [-0.2, -0.15) is 0 Å². The van der Waals surface area contributed by atoms with Gasteiger partial charge in [-0.05, 0) is 25.1 Å². The summed E-state index contributed by atoms with van der Waals surface area (Å²) in [5.74, 6) is 0.806. The number of nitrogens with zero attached hydrogens (tertiary/aromatic N) is 2. The molecule has 0 saturated heterocycles. The summed E-state index contributed by atoms with van der Waals surface area (Å²) < 4.78 is 7.46. The first-order chi connectivity index (χ1) is 9.69. The summed E-state index contributed by atoms with van der Waals surface area (Å²) in [6, 6.07) is 9.48. The van der Waals surface area contributed by atoms with Gasteiger partial charge in [-0.3, -0.25) is 0 Å². The molecule has 0 aliphatic heterocycles. The quantitative estimate of drug-likeness (QED) is 0.700. The fourth-order valence-electron chi connectivity index (χ4n) is 2.11. The van der Waals surface area contributed by atoms with Gasteiger partial charge in [0.15, 0.2) is 5.65 Å². The summed E-state index contributed by atoms with van der Waals surface area (Å²) in [5.41, 5.74) is 2.42. The van der Waals surface area contributed by atoms with E-state index in [2.05, 4.69) is 4.98 Å². The van der Waals surface area contributed by atoms with Crippen LogP contribution in [0.4, 0.5) is 0 Å². The van der Waals surface area contributed by atoms with Crippen LogP contribution in [0.1, 0.15) is 6.92 Å². The van der Waals surface area contributed by atoms with Gasteiger partial charge in [-0.1, -0.05) is 35.3 Å². The predicted octanol–water partition coefficient (Wildman–Crippen LogP) is 4.71. The number of pyridine rings is 1. The van der Waals surface area contributed by atoms with Crippen molar-refractivity contribution in [3.8, 4) is 17.0 Å². The van der Waals surface area contributed by atoms with Crippen LogP contribution in [0, 0.1) is 0 Å². The van der Waals surface area contributed by atoms with E-state index in [-0.39, 0.29) is 0 Å². The molecule has 0 aliphatic carbocycles. The lowest BCUT2D eigenvalue weighted by Crippen LogP contribution is -1.93. The SMILES string of the molecule is CCOc1ccccc1-c1cn2cc(Cl)cc(Cl)c2n1. The number of aromatic nitrogens is 2. The zero-order valence-electron chi connectivity index (χ0n) is 10.8. The topological polar surface area (TPSA) is 26.5 Å². The molecule has 0 atom stereocenters. The Morgan fingerprint density at radius 1 is 1.20 bits per heavy atom. The van der Waals surface area contributed by atoms with E-state index >= 15 is 0 Å². The van der Waals surface area contributed by atoms with Crippen LogP contribution in [0.2, 0.25) is 10.0 Å². The Hall–Kier alpha value is -1.71. The molecule has 0 aliphatic rings. The molecule has 102 valence electrons. The van der Waals surface area contributed by atoms with Crippen molar-refractivity contribution in [3.05, 3.63) is 52.8 Å². The van der Waals surface area contributed by atoms with E-state index < -0.39 is 0 Å². The third-order valence-corrected chi connectivity index (χ3v) is 3.42. The van der Waals surface area contributed by atoms with Crippen molar-refractivity contribution in [2.45, 2.75) is 6.92 Å². The third kappa shape index (κ3) is 2.35. The normalized spacial score (nSPS) is 10.9. The first-order valence-corrected chi connectivity index (χ1v) is 7.00. The van der Waals surface area contributed by atoms with Crippen molar-refractivity contribution in [2.75, 3.05) is 6.61 Å². The van der Waals surface area contributed by atoms with Gasteiger partial charge in [0.1, 0.15) is 5.75 Å². The molecule has 0 saturated carbocycles. The molecule has 0 N–H and O–H groups in total. The zero-order valence-corrected chi connectivity index (χ0v) is 12.3. The highest BCUT2D eigenvalue weighted by Crippen LogP contribution is 2.31. The summed E-state index contributed by atoms with van der Waals surface area (Å²) in [6.45, 7) is 2.56. The molecule has 0 unspecified atom stereocenters. The molecular weight excluding hydrogens is 295 g/mol. The smallest absolute Gasteiger partial charge is 0.156 e. The Morgan fingerprint density at radius 2 is 2.00 bits per heavy atom. The zero-order chi connectivity index (χ0) is 14.1. The lowest BCUT2D eigenvalue weighted by atomic mass is 10.1. The number of hydrogen-bond donors (Lipinski definition) is 0. The number of imidazole rings is 1. The van der Waals surface area contributed by atoms with Crippen molar-refractivity contribution >= 4 is 28.8 Å². The maximum Gasteiger partial charge on any atom is 0.156 e. The van der Waals surface area contributed by atoms with E-state index in [1.54, 1.807) is 12.3 Å². The van der Waals surface area contributed by atoms with Gasteiger partial charge in [0, 0.05) is 18.0 Å². The van der Waals surface area contributed by atoms with Crippen LogP contribution >= 0.6 is 23.2 Å². The largest absolute Gasteiger partial charge is 0.493 e. The molecule has 2 aromatic heterocycles. The highest BCUT2D eigenvalue weighted by Gasteiger charge is 2.12. The Labute approximate surface area is 126 Å². The number of hydrogen-bond acceptors (Lipinski definition) is 2. The van der Waals surface area contributed by atoms with Gasteiger partial charge >= 0.3 is 0 Å². The molecule has 1 aromatic carbocycles. The summed E-state index contributed by atoms with van der Waals surface area (Å²) in [7, 11) is 0. The van der Waals surface area contributed by atoms with Gasteiger partial charge in [-0.25, -0.2) is 4.98 Å². The van der Waals surface area contributed by atoms with Gasteiger partial charge < -0.3 is 9.14 Å². The molecule has 0 bridgehead atoms. The van der Waals surface area contributed by atoms with Crippen LogP contribution in [0.15, 0.2) is 42.7 Å². The maximum absolute atomic E-state index is 6.17. The van der Waals surface area contributed by atoms with E-state index in [4.69, 9.17) is 27.9 Å². The monoisotopic (exact) mass is 306 g/mol. The van der Waals surface area contributed by atoms with Crippen LogP contribution in [0.25, 0.3) is 16.9 Å². The molecule has 0 radical (unpaired) electrons. The molecule has 0 spiro atoms. The Bertz CT molecular complexity index is 768. The second kappa shape index (κ2) is 5.35. The molecule has 0 amide bonds. The Balaban J connectivity index is 2.18. The third-order valence-electron chi connectivity index (χ3n) is 2.94. The van der Waals surface area contributed by atoms with E-state index in [0.717, 1.165) is 17.0 Å². The molecule has 0 fully saturated rings. The summed E-state index contributed by atoms with van der Waals surface area (Å²) in [4.78, 5) is 4.56. The fourth-order valence-corrected chi connectivity index (χ4v) is 2.64. The molecule has 20 heavy (non-hydrogen) atoms. The number of benzene rings is 1. The molecule has 5 heteroatoms. The van der Waals surface area contributed by atoms with E-state index in [1.807, 2.05) is 41.8 Å². The average Bonchev–Trinajstić information content (AvgIpc) is 2.83. The number of fused-ring (bicyclic) bond motifs is 1. The summed E-state index contributed by atoms with van der Waals surface area (Å²) in [5, 5.41) is 1.10. The van der Waals surface area contributed by atoms with Gasteiger partial charge in [0.25, 0.3) is 0 Å². The van der Waals surface area contributed by atoms with Crippen molar-refractivity contribution in [2.24, 2.45) is 0 Å². The van der Waals surface area contributed by atoms with E-state index in [0.29, 0.717) is 22.3 Å². The highest BCUT2D eigenvalue weighted by atomic mass is 35.5. The predicted molar refractivity (Wildman–Crippen MR) is 81.8 cm³/mol. The lowest BCUT2D eigenvalue weighted by Gasteiger charge is -2.07. The summed E-state index contributed by atoms with van der Waals surface area (Å²) in [6.07, 6.45) is 3.67. The molecule has 3 nitrogen and oxygen atoms in total. The number of ether oxygens (including phenoxy) is 1. The van der Waals surface area contributed by atoms with Crippen LogP contribution in [-0.4, -0.2) is 16.0 Å². The lowest BCUT2D eigenvalue weighted by molar-refractivity contribution is 0.341. The maximum atomic E-state index is 6.17. The van der Waals surface area contributed by atoms with E-state index in [1.165, 1.54) is 0 Å². The molecule has 2 heterocycles. The average molecular weight is 307 g/mol. The fraction of sp³-hybridized carbons (Fsp3) is 0.133. The van der Waals surface area contributed by atoms with Crippen LogP contribution in [0.5, 0.6) is 5.75 Å². The first-order valence-electron chi connectivity index (χ1n) is 6.25. The number of halogens is 2. The minimum absolute atomic E-state index is 0.526. The van der Waals surface area contributed by atoms with Crippen molar-refractivity contribution in [1.29, 1.82) is 0 Å². The molecular formula is C15H12Cl2N2O. The Morgan fingerprint density at radius 3 is 2.80 bits per heavy atom. The van der Waals surface area contributed by atoms with Crippen LogP contribution in [-0.2, 0) is 0 Å². The van der Waals surface area contributed by atoms with Crippen molar-refractivity contribution in [3.63, 3.8) is 0 Å². The van der Waals surface area contributed by atoms with Crippen LogP contribution < -0.4 is 4.74 Å². The second-order valence-corrected chi connectivity index (χ2v) is 5.14. The van der Waals surface area contributed by atoms with Gasteiger partial charge in [-0.15, -0.1) is 0 Å². The number of rotatable bonds is 3. The molecule has 3 rings (SSSR count). The minimum Gasteiger partial charge on any atom is -0.493 e. The molecule has 3 aromatic rings. The van der Waals surface area contributed by atoms with Gasteiger partial charge in [0.05, 0.1) is 22.3 Å². The van der Waals surface area contributed by atoms with E-state index in [9.17, 15) is 0 Å². The van der Waals surface area contributed by atoms with Crippen molar-refractivity contribution in [1.82, 2.24) is 9.38 Å². The first kappa shape index (κ1) is 13.3. The Kier molecular flexibility index (Phi) is 3.55. The second-order valence-electron chi connectivity index (χ2n) is 4.29. The van der Waals surface area contributed by atoms with Gasteiger partial charge in [0.2, 0.25) is 0 Å².